The Balaban J connectivity index is 2.12. The second-order valence-corrected chi connectivity index (χ2v) is 5.57. The first-order chi connectivity index (χ1) is 8.99. The first kappa shape index (κ1) is 13.8. The first-order valence-electron chi connectivity index (χ1n) is 6.85. The molecule has 2 rings (SSSR count). The van der Waals surface area contributed by atoms with E-state index in [1.165, 1.54) is 0 Å². The van der Waals surface area contributed by atoms with Gasteiger partial charge in [-0.25, -0.2) is 5.10 Å². The Morgan fingerprint density at radius 3 is 2.53 bits per heavy atom. The van der Waals surface area contributed by atoms with Gasteiger partial charge in [0.1, 0.15) is 5.56 Å². The van der Waals surface area contributed by atoms with Gasteiger partial charge in [0.05, 0.1) is 5.69 Å². The van der Waals surface area contributed by atoms with E-state index in [1.54, 1.807) is 13.8 Å². The summed E-state index contributed by atoms with van der Waals surface area (Å²) in [7, 11) is 0. The molecule has 5 nitrogen and oxygen atoms in total. The van der Waals surface area contributed by atoms with Crippen LogP contribution in [0.1, 0.15) is 54.2 Å². The van der Waals surface area contributed by atoms with E-state index in [9.17, 15) is 9.59 Å². The summed E-state index contributed by atoms with van der Waals surface area (Å²) in [6.45, 7) is 5.78. The number of aromatic amines is 1. The molecule has 1 saturated carbocycles. The molecule has 5 heteroatoms. The first-order valence-corrected chi connectivity index (χ1v) is 6.85. The molecule has 104 valence electrons. The van der Waals surface area contributed by atoms with Gasteiger partial charge in [0.2, 0.25) is 0 Å². The van der Waals surface area contributed by atoms with Gasteiger partial charge in [0, 0.05) is 6.04 Å². The van der Waals surface area contributed by atoms with Gasteiger partial charge in [0.25, 0.3) is 11.5 Å². The highest BCUT2D eigenvalue weighted by molar-refractivity contribution is 5.95. The predicted octanol–water partition coefficient (Wildman–Crippen LogP) is 1.70. The van der Waals surface area contributed by atoms with Crippen LogP contribution < -0.4 is 10.9 Å². The van der Waals surface area contributed by atoms with Gasteiger partial charge < -0.3 is 5.32 Å². The summed E-state index contributed by atoms with van der Waals surface area (Å²) >= 11 is 0. The number of nitrogens with zero attached hydrogens (tertiary/aromatic N) is 1. The van der Waals surface area contributed by atoms with Crippen LogP contribution in [0.25, 0.3) is 0 Å². The van der Waals surface area contributed by atoms with E-state index in [-0.39, 0.29) is 17.5 Å². The van der Waals surface area contributed by atoms with Crippen LogP contribution >= 0.6 is 0 Å². The molecule has 1 aliphatic rings. The Hall–Kier alpha value is -1.65. The highest BCUT2D eigenvalue weighted by atomic mass is 16.2. The summed E-state index contributed by atoms with van der Waals surface area (Å²) < 4.78 is 0. The zero-order valence-corrected chi connectivity index (χ0v) is 11.7. The molecule has 0 spiro atoms. The molecule has 0 atom stereocenters. The van der Waals surface area contributed by atoms with Gasteiger partial charge in [0.15, 0.2) is 0 Å². The van der Waals surface area contributed by atoms with Crippen LogP contribution in [0.3, 0.4) is 0 Å². The molecule has 1 heterocycles. The van der Waals surface area contributed by atoms with Crippen LogP contribution in [0.4, 0.5) is 0 Å². The molecule has 1 aromatic rings. The van der Waals surface area contributed by atoms with Crippen LogP contribution in [0.15, 0.2) is 4.79 Å². The third-order valence-electron chi connectivity index (χ3n) is 4.05. The third-order valence-corrected chi connectivity index (χ3v) is 4.05. The number of H-pyrrole nitrogens is 1. The Morgan fingerprint density at radius 1 is 1.26 bits per heavy atom. The van der Waals surface area contributed by atoms with E-state index in [1.807, 2.05) is 0 Å². The molecule has 0 saturated heterocycles. The molecule has 2 N–H and O–H groups in total. The minimum Gasteiger partial charge on any atom is -0.349 e. The zero-order chi connectivity index (χ0) is 14.0. The van der Waals surface area contributed by atoms with Crippen LogP contribution in [-0.4, -0.2) is 22.1 Å². The molecular weight excluding hydrogens is 242 g/mol. The predicted molar refractivity (Wildman–Crippen MR) is 73.2 cm³/mol. The molecule has 0 unspecified atom stereocenters. The van der Waals surface area contributed by atoms with E-state index in [2.05, 4.69) is 22.4 Å². The number of rotatable bonds is 2. The maximum absolute atomic E-state index is 12.2. The molecule has 19 heavy (non-hydrogen) atoms. The van der Waals surface area contributed by atoms with Crippen molar-refractivity contribution in [1.29, 1.82) is 0 Å². The minimum atomic E-state index is -0.412. The summed E-state index contributed by atoms with van der Waals surface area (Å²) in [4.78, 5) is 24.0. The summed E-state index contributed by atoms with van der Waals surface area (Å²) in [5.74, 6) is 0.463. The van der Waals surface area contributed by atoms with Crippen molar-refractivity contribution in [3.8, 4) is 0 Å². The maximum atomic E-state index is 12.2. The Morgan fingerprint density at radius 2 is 1.89 bits per heavy atom. The fourth-order valence-corrected chi connectivity index (χ4v) is 2.56. The number of aryl methyl sites for hydroxylation is 1. The van der Waals surface area contributed by atoms with Gasteiger partial charge in [-0.05, 0) is 51.0 Å². The number of carbonyl (C=O) groups is 1. The monoisotopic (exact) mass is 263 g/mol. The second kappa shape index (κ2) is 5.55. The van der Waals surface area contributed by atoms with Crippen LogP contribution in [0, 0.1) is 19.8 Å². The van der Waals surface area contributed by atoms with Crippen molar-refractivity contribution in [2.24, 2.45) is 5.92 Å². The van der Waals surface area contributed by atoms with Crippen molar-refractivity contribution in [3.63, 3.8) is 0 Å². The standard InChI is InChI=1S/C14H21N3O2/c1-8-4-6-11(7-5-8)15-13(18)12-9(2)10(3)16-17-14(12)19/h8,11H,4-7H2,1-3H3,(H,15,18)(H,17,19). The van der Waals surface area contributed by atoms with Gasteiger partial charge in [-0.1, -0.05) is 6.92 Å². The van der Waals surface area contributed by atoms with Gasteiger partial charge in [-0.2, -0.15) is 5.10 Å². The number of nitrogens with one attached hydrogen (secondary N) is 2. The van der Waals surface area contributed by atoms with Crippen LogP contribution in [-0.2, 0) is 0 Å². The van der Waals surface area contributed by atoms with E-state index < -0.39 is 5.56 Å². The molecule has 1 aromatic heterocycles. The van der Waals surface area contributed by atoms with Gasteiger partial charge >= 0.3 is 0 Å². The van der Waals surface area contributed by atoms with E-state index in [0.717, 1.165) is 31.6 Å². The fraction of sp³-hybridized carbons (Fsp3) is 0.643. The van der Waals surface area contributed by atoms with Crippen molar-refractivity contribution >= 4 is 5.91 Å². The smallest absolute Gasteiger partial charge is 0.277 e. The van der Waals surface area contributed by atoms with Crippen molar-refractivity contribution in [3.05, 3.63) is 27.2 Å². The Kier molecular flexibility index (Phi) is 4.02. The van der Waals surface area contributed by atoms with E-state index >= 15 is 0 Å². The highest BCUT2D eigenvalue weighted by Gasteiger charge is 2.23. The summed E-state index contributed by atoms with van der Waals surface area (Å²) in [5.41, 5.74) is 1.13. The lowest BCUT2D eigenvalue weighted by Gasteiger charge is -2.27. The minimum absolute atomic E-state index is 0.191. The Bertz CT molecular complexity index is 528. The average Bonchev–Trinajstić information content (AvgIpc) is 2.37. The van der Waals surface area contributed by atoms with E-state index in [4.69, 9.17) is 0 Å². The van der Waals surface area contributed by atoms with Crippen molar-refractivity contribution < 1.29 is 4.79 Å². The maximum Gasteiger partial charge on any atom is 0.277 e. The van der Waals surface area contributed by atoms with Crippen LogP contribution in [0.2, 0.25) is 0 Å². The number of aromatic nitrogens is 2. The normalized spacial score (nSPS) is 23.1. The molecule has 0 aliphatic heterocycles. The lowest BCUT2D eigenvalue weighted by molar-refractivity contribution is 0.0920. The number of hydrogen-bond acceptors (Lipinski definition) is 3. The topological polar surface area (TPSA) is 74.8 Å². The summed E-state index contributed by atoms with van der Waals surface area (Å²) in [6.07, 6.45) is 4.26. The van der Waals surface area contributed by atoms with Crippen LogP contribution in [0.5, 0.6) is 0 Å². The molecule has 0 radical (unpaired) electrons. The zero-order valence-electron chi connectivity index (χ0n) is 11.7. The molecular formula is C14H21N3O2. The number of carbonyl (C=O) groups excluding carboxylic acids is 1. The summed E-state index contributed by atoms with van der Waals surface area (Å²) in [6, 6.07) is 0.191. The van der Waals surface area contributed by atoms with Gasteiger partial charge in [-0.15, -0.1) is 0 Å². The van der Waals surface area contributed by atoms with Crippen molar-refractivity contribution in [2.45, 2.75) is 52.5 Å². The lowest BCUT2D eigenvalue weighted by atomic mass is 9.87. The fourth-order valence-electron chi connectivity index (χ4n) is 2.56. The lowest BCUT2D eigenvalue weighted by Crippen LogP contribution is -2.40. The van der Waals surface area contributed by atoms with E-state index in [0.29, 0.717) is 11.3 Å². The largest absolute Gasteiger partial charge is 0.349 e. The average molecular weight is 263 g/mol. The van der Waals surface area contributed by atoms with Crippen molar-refractivity contribution in [1.82, 2.24) is 15.5 Å². The molecule has 1 fully saturated rings. The van der Waals surface area contributed by atoms with Crippen molar-refractivity contribution in [2.75, 3.05) is 0 Å². The molecule has 0 aromatic carbocycles. The molecule has 1 amide bonds. The highest BCUT2D eigenvalue weighted by Crippen LogP contribution is 2.23. The number of amides is 1. The van der Waals surface area contributed by atoms with Gasteiger partial charge in [-0.3, -0.25) is 9.59 Å². The second-order valence-electron chi connectivity index (χ2n) is 5.57. The molecule has 0 bridgehead atoms. The Labute approximate surface area is 112 Å². The molecule has 1 aliphatic carbocycles. The quantitative estimate of drug-likeness (QED) is 0.852. The third kappa shape index (κ3) is 3.03. The SMILES string of the molecule is Cc1n[nH]c(=O)c(C(=O)NC2CCC(C)CC2)c1C. The summed E-state index contributed by atoms with van der Waals surface area (Å²) in [5, 5.41) is 9.21. The number of hydrogen-bond donors (Lipinski definition) is 2.